The van der Waals surface area contributed by atoms with Crippen molar-refractivity contribution in [3.8, 4) is 0 Å². The number of ether oxygens (including phenoxy) is 3. The normalized spacial score (nSPS) is 12.7. The monoisotopic (exact) mass is 1030 g/mol. The minimum absolute atomic E-state index is 0.0918. The zero-order valence-corrected chi connectivity index (χ0v) is 48.6. The fourth-order valence-electron chi connectivity index (χ4n) is 8.65. The Hall–Kier alpha value is -3.67. The van der Waals surface area contributed by atoms with Gasteiger partial charge in [-0.1, -0.05) is 272 Å². The molecule has 0 rings (SSSR count). The molecule has 1 atom stereocenters. The zero-order valence-electron chi connectivity index (χ0n) is 48.6. The lowest BCUT2D eigenvalue weighted by atomic mass is 10.0. The van der Waals surface area contributed by atoms with E-state index in [0.29, 0.717) is 19.3 Å². The lowest BCUT2D eigenvalue weighted by Crippen LogP contribution is -2.30. The average molecular weight is 1030 g/mol. The Balaban J connectivity index is 4.46. The van der Waals surface area contributed by atoms with Gasteiger partial charge in [0.2, 0.25) is 0 Å². The van der Waals surface area contributed by atoms with E-state index < -0.39 is 6.10 Å². The topological polar surface area (TPSA) is 78.9 Å². The molecule has 1 unspecified atom stereocenters. The van der Waals surface area contributed by atoms with Crippen LogP contribution in [0, 0.1) is 0 Å². The van der Waals surface area contributed by atoms with Gasteiger partial charge in [0.15, 0.2) is 6.10 Å². The van der Waals surface area contributed by atoms with Crippen molar-refractivity contribution in [2.24, 2.45) is 0 Å². The first kappa shape index (κ1) is 70.3. The smallest absolute Gasteiger partial charge is 0.306 e. The molecule has 0 spiro atoms. The maximum atomic E-state index is 12.9. The van der Waals surface area contributed by atoms with Crippen LogP contribution in [0.25, 0.3) is 0 Å². The lowest BCUT2D eigenvalue weighted by molar-refractivity contribution is -0.167. The van der Waals surface area contributed by atoms with E-state index >= 15 is 0 Å². The van der Waals surface area contributed by atoms with Gasteiger partial charge in [-0.15, -0.1) is 0 Å². The van der Waals surface area contributed by atoms with E-state index in [1.54, 1.807) is 0 Å². The summed E-state index contributed by atoms with van der Waals surface area (Å²) in [7, 11) is 0. The molecular formula is C68H116O6. The van der Waals surface area contributed by atoms with Crippen molar-refractivity contribution < 1.29 is 28.6 Å². The first-order valence-corrected chi connectivity index (χ1v) is 31.2. The number of carbonyl (C=O) groups is 3. The van der Waals surface area contributed by atoms with E-state index in [-0.39, 0.29) is 31.1 Å². The van der Waals surface area contributed by atoms with Crippen LogP contribution in [0.2, 0.25) is 0 Å². The first-order valence-electron chi connectivity index (χ1n) is 31.2. The Labute approximate surface area is 457 Å². The third kappa shape index (κ3) is 59.2. The van der Waals surface area contributed by atoms with Crippen molar-refractivity contribution in [3.63, 3.8) is 0 Å². The first-order chi connectivity index (χ1) is 36.5. The second-order valence-corrected chi connectivity index (χ2v) is 20.6. The molecule has 0 aromatic rings. The fourth-order valence-corrected chi connectivity index (χ4v) is 8.65. The van der Waals surface area contributed by atoms with Crippen LogP contribution in [-0.2, 0) is 28.6 Å². The number of allylic oxidation sites excluding steroid dienone is 16. The van der Waals surface area contributed by atoms with Crippen LogP contribution in [0.3, 0.4) is 0 Å². The van der Waals surface area contributed by atoms with Crippen molar-refractivity contribution in [2.75, 3.05) is 13.2 Å². The Morgan fingerprint density at radius 1 is 0.284 bits per heavy atom. The highest BCUT2D eigenvalue weighted by atomic mass is 16.6. The molecule has 0 heterocycles. The standard InChI is InChI=1S/C68H116O6/c1-4-7-10-13-16-19-22-25-28-31-34-37-40-43-46-49-52-55-58-61-67(70)73-64-65(63-72-66(69)60-57-54-51-48-45-42-39-36-33-30-27-24-21-18-15-12-9-6-3)74-68(71)62-59-56-53-50-47-44-41-38-35-32-29-26-23-20-17-14-11-8-5-2/h7,10,16-17,19-20,25-26,28-29,34-35,37-38,43,46,65H,4-6,8-9,11-15,18,21-24,27,30-33,36,39-42,44-45,47-64H2,1-3H3/b10-7-,19-16-,20-17-,28-25-,29-26-,37-34-,38-35-,46-43-. The van der Waals surface area contributed by atoms with Gasteiger partial charge in [0, 0.05) is 19.3 Å². The fraction of sp³-hybridized carbons (Fsp3) is 0.721. The van der Waals surface area contributed by atoms with Gasteiger partial charge in [-0.05, 0) is 103 Å². The summed E-state index contributed by atoms with van der Waals surface area (Å²) >= 11 is 0. The number of hydrogen-bond acceptors (Lipinski definition) is 6. The second-order valence-electron chi connectivity index (χ2n) is 20.6. The van der Waals surface area contributed by atoms with Gasteiger partial charge in [-0.3, -0.25) is 14.4 Å². The molecule has 0 N–H and O–H groups in total. The van der Waals surface area contributed by atoms with Crippen LogP contribution in [-0.4, -0.2) is 37.2 Å². The Morgan fingerprint density at radius 2 is 0.527 bits per heavy atom. The quantitative estimate of drug-likeness (QED) is 0.0261. The highest BCUT2D eigenvalue weighted by molar-refractivity contribution is 5.71. The molecule has 0 aromatic heterocycles. The van der Waals surface area contributed by atoms with Crippen LogP contribution in [0.4, 0.5) is 0 Å². The molecule has 0 saturated carbocycles. The van der Waals surface area contributed by atoms with E-state index in [9.17, 15) is 14.4 Å². The van der Waals surface area contributed by atoms with Gasteiger partial charge in [0.25, 0.3) is 0 Å². The summed E-state index contributed by atoms with van der Waals surface area (Å²) in [6.45, 7) is 6.49. The van der Waals surface area contributed by atoms with Crippen LogP contribution in [0.15, 0.2) is 97.2 Å². The molecule has 0 aliphatic heterocycles. The number of hydrogen-bond donors (Lipinski definition) is 0. The van der Waals surface area contributed by atoms with Crippen molar-refractivity contribution in [3.05, 3.63) is 97.2 Å². The van der Waals surface area contributed by atoms with Gasteiger partial charge >= 0.3 is 17.9 Å². The minimum atomic E-state index is -0.799. The summed E-state index contributed by atoms with van der Waals surface area (Å²) in [5, 5.41) is 0. The van der Waals surface area contributed by atoms with Gasteiger partial charge in [-0.2, -0.15) is 0 Å². The molecule has 0 saturated heterocycles. The highest BCUT2D eigenvalue weighted by Gasteiger charge is 2.19. The highest BCUT2D eigenvalue weighted by Crippen LogP contribution is 2.16. The molecule has 0 aliphatic rings. The Kier molecular flexibility index (Phi) is 58.8. The molecular weight excluding hydrogens is 913 g/mol. The van der Waals surface area contributed by atoms with Crippen molar-refractivity contribution >= 4 is 17.9 Å². The largest absolute Gasteiger partial charge is 0.462 e. The molecule has 0 aromatic carbocycles. The van der Waals surface area contributed by atoms with Gasteiger partial charge in [-0.25, -0.2) is 0 Å². The third-order valence-corrected chi connectivity index (χ3v) is 13.3. The van der Waals surface area contributed by atoms with Crippen LogP contribution in [0.1, 0.15) is 297 Å². The molecule has 0 amide bonds. The summed E-state index contributed by atoms with van der Waals surface area (Å²) in [5.41, 5.74) is 0. The predicted molar refractivity (Wildman–Crippen MR) is 320 cm³/mol. The summed E-state index contributed by atoms with van der Waals surface area (Å²) in [5.74, 6) is -0.928. The summed E-state index contributed by atoms with van der Waals surface area (Å²) in [4.78, 5) is 38.3. The van der Waals surface area contributed by atoms with Crippen molar-refractivity contribution in [1.29, 1.82) is 0 Å². The Morgan fingerprint density at radius 3 is 0.865 bits per heavy atom. The van der Waals surface area contributed by atoms with Gasteiger partial charge in [0.1, 0.15) is 13.2 Å². The van der Waals surface area contributed by atoms with Crippen LogP contribution in [0.5, 0.6) is 0 Å². The Bertz CT molecular complexity index is 1460. The molecule has 0 radical (unpaired) electrons. The third-order valence-electron chi connectivity index (χ3n) is 13.3. The van der Waals surface area contributed by atoms with E-state index in [2.05, 4.69) is 118 Å². The minimum Gasteiger partial charge on any atom is -0.462 e. The van der Waals surface area contributed by atoms with Crippen LogP contribution >= 0.6 is 0 Å². The van der Waals surface area contributed by atoms with Gasteiger partial charge in [0.05, 0.1) is 0 Å². The number of unbranched alkanes of at least 4 members (excludes halogenated alkanes) is 29. The number of esters is 3. The zero-order chi connectivity index (χ0) is 53.6. The molecule has 74 heavy (non-hydrogen) atoms. The molecule has 6 heteroatoms. The number of rotatable bonds is 56. The van der Waals surface area contributed by atoms with E-state index in [1.165, 1.54) is 135 Å². The maximum Gasteiger partial charge on any atom is 0.306 e. The van der Waals surface area contributed by atoms with E-state index in [0.717, 1.165) is 122 Å². The van der Waals surface area contributed by atoms with Crippen molar-refractivity contribution in [2.45, 2.75) is 303 Å². The summed E-state index contributed by atoms with van der Waals surface area (Å²) in [6, 6.07) is 0. The van der Waals surface area contributed by atoms with Gasteiger partial charge < -0.3 is 14.2 Å². The number of carbonyl (C=O) groups excluding carboxylic acids is 3. The average Bonchev–Trinajstić information content (AvgIpc) is 3.40. The molecule has 424 valence electrons. The van der Waals surface area contributed by atoms with E-state index in [4.69, 9.17) is 14.2 Å². The molecule has 0 aliphatic carbocycles. The predicted octanol–water partition coefficient (Wildman–Crippen LogP) is 21.3. The second kappa shape index (κ2) is 61.9. The summed E-state index contributed by atoms with van der Waals surface area (Å²) < 4.78 is 16.9. The van der Waals surface area contributed by atoms with Crippen molar-refractivity contribution in [1.82, 2.24) is 0 Å². The summed E-state index contributed by atoms with van der Waals surface area (Å²) in [6.07, 6.45) is 82.6. The molecule has 0 bridgehead atoms. The SMILES string of the molecule is CC/C=C\C/C=C\C/C=C\C/C=C\C/C=C\CCCCCC(=O)OCC(COC(=O)CCCCCCCCCCCCCCCCCCCC)OC(=O)CCCCCCCC/C=C\C/C=C\C/C=C\CCCCC. The molecule has 6 nitrogen and oxygen atoms in total. The van der Waals surface area contributed by atoms with Crippen LogP contribution < -0.4 is 0 Å². The maximum absolute atomic E-state index is 12.9. The van der Waals surface area contributed by atoms with E-state index in [1.807, 2.05) is 0 Å². The lowest BCUT2D eigenvalue weighted by Gasteiger charge is -2.18. The molecule has 0 fully saturated rings.